The number of benzene rings is 2. The van der Waals surface area contributed by atoms with Crippen LogP contribution in [0.15, 0.2) is 71.8 Å². The van der Waals surface area contributed by atoms with Crippen LogP contribution < -0.4 is 5.32 Å². The largest absolute Gasteiger partial charge is 0.307 e. The molecule has 0 fully saturated rings. The smallest absolute Gasteiger partial charge is 0.261 e. The topological polar surface area (TPSA) is 80.1 Å². The molecule has 5 rings (SSSR count). The highest BCUT2D eigenvalue weighted by Crippen LogP contribution is 2.35. The number of imide groups is 1. The van der Waals surface area contributed by atoms with Crippen LogP contribution in [-0.4, -0.2) is 50.7 Å². The van der Waals surface area contributed by atoms with Crippen molar-refractivity contribution in [3.8, 4) is 11.4 Å². The Morgan fingerprint density at radius 2 is 1.81 bits per heavy atom. The molecule has 1 aromatic heterocycles. The number of carbonyl (C=O) groups is 2. The van der Waals surface area contributed by atoms with Crippen LogP contribution in [0.3, 0.4) is 0 Å². The number of amides is 2. The Morgan fingerprint density at radius 3 is 2.50 bits per heavy atom. The number of alkyl halides is 1. The second-order valence-corrected chi connectivity index (χ2v) is 11.7. The lowest BCUT2D eigenvalue weighted by atomic mass is 9.86. The van der Waals surface area contributed by atoms with E-state index in [1.165, 1.54) is 0 Å². The molecule has 2 amide bonds. The Morgan fingerprint density at radius 1 is 1.05 bits per heavy atom. The molecule has 1 aliphatic heterocycles. The van der Waals surface area contributed by atoms with E-state index in [9.17, 15) is 22.8 Å². The molecule has 220 valence electrons. The summed E-state index contributed by atoms with van der Waals surface area (Å²) < 4.78 is 44.7. The molecular formula is C32H34F3N5O2. The minimum Gasteiger partial charge on any atom is -0.307 e. The van der Waals surface area contributed by atoms with Crippen molar-refractivity contribution in [2.45, 2.75) is 58.7 Å². The van der Waals surface area contributed by atoms with Gasteiger partial charge >= 0.3 is 0 Å². The van der Waals surface area contributed by atoms with E-state index >= 15 is 0 Å². The quantitative estimate of drug-likeness (QED) is 0.313. The van der Waals surface area contributed by atoms with Crippen molar-refractivity contribution in [2.24, 2.45) is 5.41 Å². The van der Waals surface area contributed by atoms with Crippen molar-refractivity contribution in [2.75, 3.05) is 13.2 Å². The highest BCUT2D eigenvalue weighted by atomic mass is 19.1. The standard InChI is InChI=1S/C32H34F3N5O2/c1-32(2,3)27(36-16-15-22(18-33)40-30(41)23-11-7-8-12-24(23)31(40)42)29-37-28(25-17-21(34)13-14-26(25)35)38-39(29)19-20-9-5-4-6-10-20/h4-7,9-11,13-14,17,22,27,36H,8,12,15-16,18-19H2,1-3H3/t22-,27-/m0/s1. The molecule has 0 saturated heterocycles. The molecule has 0 saturated carbocycles. The maximum atomic E-state index is 14.7. The zero-order chi connectivity index (χ0) is 30.0. The summed E-state index contributed by atoms with van der Waals surface area (Å²) in [7, 11) is 0. The molecule has 0 unspecified atom stereocenters. The van der Waals surface area contributed by atoms with Crippen molar-refractivity contribution in [1.82, 2.24) is 25.0 Å². The van der Waals surface area contributed by atoms with Gasteiger partial charge in [-0.1, -0.05) is 63.3 Å². The number of carbonyl (C=O) groups excluding carboxylic acids is 2. The third-order valence-electron chi connectivity index (χ3n) is 7.64. The van der Waals surface area contributed by atoms with Crippen molar-refractivity contribution in [1.29, 1.82) is 0 Å². The Bertz CT molecular complexity index is 1540. The Kier molecular flexibility index (Phi) is 8.45. The van der Waals surface area contributed by atoms with E-state index in [1.54, 1.807) is 10.8 Å². The van der Waals surface area contributed by atoms with Crippen molar-refractivity contribution in [3.63, 3.8) is 0 Å². The third-order valence-corrected chi connectivity index (χ3v) is 7.64. The van der Waals surface area contributed by atoms with E-state index in [0.29, 0.717) is 36.4 Å². The second-order valence-electron chi connectivity index (χ2n) is 11.7. The minimum absolute atomic E-state index is 0.0496. The fourth-order valence-corrected chi connectivity index (χ4v) is 5.46. The first-order chi connectivity index (χ1) is 20.1. The number of nitrogens with one attached hydrogen (secondary N) is 1. The average molecular weight is 578 g/mol. The zero-order valence-corrected chi connectivity index (χ0v) is 23.9. The summed E-state index contributed by atoms with van der Waals surface area (Å²) in [6, 6.07) is 11.4. The summed E-state index contributed by atoms with van der Waals surface area (Å²) in [4.78, 5) is 31.7. The SMILES string of the molecule is CC(C)(C)[C@@H](NCC[C@@H](CF)N1C(=O)C2=C(CCC=C2)C1=O)c1nc(-c2cc(F)ccc2F)nn1Cc1ccccc1. The molecule has 2 aromatic carbocycles. The molecule has 2 aliphatic rings. The molecule has 7 nitrogen and oxygen atoms in total. The summed E-state index contributed by atoms with van der Waals surface area (Å²) in [6.07, 6.45) is 4.83. The molecule has 3 aromatic rings. The van der Waals surface area contributed by atoms with E-state index in [1.807, 2.05) is 57.2 Å². The number of allylic oxidation sites excluding steroid dienone is 1. The van der Waals surface area contributed by atoms with Crippen LogP contribution in [0.25, 0.3) is 11.4 Å². The lowest BCUT2D eigenvalue weighted by Gasteiger charge is -2.32. The number of rotatable bonds is 10. The van der Waals surface area contributed by atoms with Gasteiger partial charge in [0.05, 0.1) is 24.2 Å². The summed E-state index contributed by atoms with van der Waals surface area (Å²) in [5.74, 6) is -1.57. The number of halogens is 3. The van der Waals surface area contributed by atoms with Gasteiger partial charge in [-0.05, 0) is 55.0 Å². The maximum Gasteiger partial charge on any atom is 0.261 e. The van der Waals surface area contributed by atoms with Gasteiger partial charge in [0.15, 0.2) is 5.82 Å². The van der Waals surface area contributed by atoms with E-state index in [0.717, 1.165) is 28.7 Å². The van der Waals surface area contributed by atoms with E-state index < -0.39 is 47.6 Å². The highest BCUT2D eigenvalue weighted by Gasteiger charge is 2.41. The van der Waals surface area contributed by atoms with E-state index in [4.69, 9.17) is 0 Å². The van der Waals surface area contributed by atoms with Gasteiger partial charge < -0.3 is 5.32 Å². The Labute approximate surface area is 243 Å². The fourth-order valence-electron chi connectivity index (χ4n) is 5.46. The van der Waals surface area contributed by atoms with Crippen LogP contribution in [-0.2, 0) is 16.1 Å². The van der Waals surface area contributed by atoms with E-state index in [2.05, 4.69) is 15.4 Å². The first-order valence-corrected chi connectivity index (χ1v) is 14.1. The second kappa shape index (κ2) is 12.1. The molecule has 2 atom stereocenters. The zero-order valence-electron chi connectivity index (χ0n) is 23.9. The van der Waals surface area contributed by atoms with Gasteiger partial charge in [-0.3, -0.25) is 14.5 Å². The van der Waals surface area contributed by atoms with Crippen molar-refractivity contribution in [3.05, 3.63) is 94.9 Å². The number of hydrogen-bond donors (Lipinski definition) is 1. The monoisotopic (exact) mass is 577 g/mol. The van der Waals surface area contributed by atoms with Gasteiger partial charge in [0.25, 0.3) is 11.8 Å². The molecule has 0 radical (unpaired) electrons. The molecule has 2 heterocycles. The lowest BCUT2D eigenvalue weighted by Crippen LogP contribution is -2.45. The van der Waals surface area contributed by atoms with Crippen molar-refractivity contribution >= 4 is 11.8 Å². The summed E-state index contributed by atoms with van der Waals surface area (Å²) in [5.41, 5.74) is 1.26. The molecule has 0 bridgehead atoms. The molecule has 10 heteroatoms. The van der Waals surface area contributed by atoms with Crippen LogP contribution in [0, 0.1) is 17.0 Å². The first-order valence-electron chi connectivity index (χ1n) is 14.1. The highest BCUT2D eigenvalue weighted by molar-refractivity contribution is 6.21. The van der Waals surface area contributed by atoms with Gasteiger partial charge in [-0.15, -0.1) is 0 Å². The van der Waals surface area contributed by atoms with Gasteiger partial charge in [0.2, 0.25) is 0 Å². The van der Waals surface area contributed by atoms with Crippen LogP contribution in [0.4, 0.5) is 13.2 Å². The summed E-state index contributed by atoms with van der Waals surface area (Å²) in [6.45, 7) is 5.73. The van der Waals surface area contributed by atoms with Crippen LogP contribution >= 0.6 is 0 Å². The van der Waals surface area contributed by atoms with Crippen LogP contribution in [0.5, 0.6) is 0 Å². The van der Waals surface area contributed by atoms with Gasteiger partial charge in [0, 0.05) is 11.1 Å². The first kappa shape index (κ1) is 29.4. The van der Waals surface area contributed by atoms with Gasteiger partial charge in [0.1, 0.15) is 24.1 Å². The number of hydrogen-bond acceptors (Lipinski definition) is 5. The maximum absolute atomic E-state index is 14.7. The van der Waals surface area contributed by atoms with Crippen LogP contribution in [0.2, 0.25) is 0 Å². The fraction of sp³-hybridized carbons (Fsp3) is 0.375. The van der Waals surface area contributed by atoms with Gasteiger partial charge in [-0.2, -0.15) is 5.10 Å². The molecule has 1 N–H and O–H groups in total. The number of nitrogens with zero attached hydrogens (tertiary/aromatic N) is 4. The van der Waals surface area contributed by atoms with Gasteiger partial charge in [-0.25, -0.2) is 22.8 Å². The normalized spacial score (nSPS) is 16.8. The Hall–Kier alpha value is -4.05. The molecule has 0 spiro atoms. The average Bonchev–Trinajstić information content (AvgIpc) is 3.48. The predicted molar refractivity (Wildman–Crippen MR) is 153 cm³/mol. The Balaban J connectivity index is 1.41. The van der Waals surface area contributed by atoms with Crippen LogP contribution in [0.1, 0.15) is 57.5 Å². The summed E-state index contributed by atoms with van der Waals surface area (Å²) in [5, 5.41) is 8.02. The molecular weight excluding hydrogens is 543 g/mol. The lowest BCUT2D eigenvalue weighted by molar-refractivity contribution is -0.140. The summed E-state index contributed by atoms with van der Waals surface area (Å²) >= 11 is 0. The molecule has 1 aliphatic carbocycles. The van der Waals surface area contributed by atoms with Crippen molar-refractivity contribution < 1.29 is 22.8 Å². The minimum atomic E-state index is -0.920. The third kappa shape index (κ3) is 5.94. The molecule has 42 heavy (non-hydrogen) atoms. The van der Waals surface area contributed by atoms with E-state index in [-0.39, 0.29) is 24.4 Å². The predicted octanol–water partition coefficient (Wildman–Crippen LogP) is 5.69. The number of aromatic nitrogens is 3.